The molecule has 0 aliphatic carbocycles. The van der Waals surface area contributed by atoms with Crippen LogP contribution in [0.3, 0.4) is 0 Å². The zero-order valence-corrected chi connectivity index (χ0v) is 16.6. The smallest absolute Gasteiger partial charge is 0.270 e. The first-order valence-corrected chi connectivity index (χ1v) is 9.92. The number of hydrogen-bond donors (Lipinski definition) is 1. The maximum absolute atomic E-state index is 12.8. The third-order valence-corrected chi connectivity index (χ3v) is 5.47. The Labute approximate surface area is 170 Å². The molecule has 0 spiro atoms. The van der Waals surface area contributed by atoms with E-state index in [1.165, 1.54) is 0 Å². The molecule has 2 aromatic carbocycles. The van der Waals surface area contributed by atoms with Crippen molar-refractivity contribution in [3.63, 3.8) is 0 Å². The number of fused-ring (bicyclic) bond motifs is 1. The number of nitrogens with one attached hydrogen (secondary N) is 1. The van der Waals surface area contributed by atoms with Crippen molar-refractivity contribution in [3.8, 4) is 5.75 Å². The van der Waals surface area contributed by atoms with E-state index in [1.807, 2.05) is 64.4 Å². The predicted molar refractivity (Wildman–Crippen MR) is 112 cm³/mol. The highest BCUT2D eigenvalue weighted by Gasteiger charge is 2.25. The number of rotatable bonds is 5. The molecular formula is C23H25N3O3. The Morgan fingerprint density at radius 3 is 2.34 bits per heavy atom. The quantitative estimate of drug-likeness (QED) is 0.727. The number of aromatic nitrogens is 1. The number of hydrogen-bond acceptors (Lipinski definition) is 3. The highest BCUT2D eigenvalue weighted by atomic mass is 16.5. The number of aryl methyl sites for hydroxylation is 1. The van der Waals surface area contributed by atoms with E-state index in [9.17, 15) is 9.59 Å². The maximum atomic E-state index is 12.8. The zero-order chi connectivity index (χ0) is 20.2. The lowest BCUT2D eigenvalue weighted by Gasteiger charge is -2.34. The number of benzene rings is 2. The predicted octanol–water partition coefficient (Wildman–Crippen LogP) is 3.09. The lowest BCUT2D eigenvalue weighted by atomic mass is 10.1. The molecule has 0 unspecified atom stereocenters. The van der Waals surface area contributed by atoms with Crippen LogP contribution in [0.2, 0.25) is 0 Å². The second-order valence-corrected chi connectivity index (χ2v) is 7.29. The minimum absolute atomic E-state index is 0.00784. The van der Waals surface area contributed by atoms with Gasteiger partial charge in [0, 0.05) is 43.5 Å². The number of ether oxygens (including phenoxy) is 1. The van der Waals surface area contributed by atoms with Crippen LogP contribution in [0.15, 0.2) is 54.6 Å². The molecular weight excluding hydrogens is 366 g/mol. The first kappa shape index (κ1) is 19.1. The van der Waals surface area contributed by atoms with E-state index in [1.54, 1.807) is 7.11 Å². The molecule has 6 nitrogen and oxygen atoms in total. The zero-order valence-electron chi connectivity index (χ0n) is 16.6. The maximum Gasteiger partial charge on any atom is 0.270 e. The number of carbonyl (C=O) groups excluding carboxylic acids is 2. The first-order chi connectivity index (χ1) is 14.1. The van der Waals surface area contributed by atoms with E-state index in [-0.39, 0.29) is 11.8 Å². The molecule has 150 valence electrons. The number of para-hydroxylation sites is 1. The molecule has 29 heavy (non-hydrogen) atoms. The molecule has 1 saturated heterocycles. The Morgan fingerprint density at radius 2 is 1.66 bits per heavy atom. The molecule has 4 rings (SSSR count). The summed E-state index contributed by atoms with van der Waals surface area (Å²) >= 11 is 0. The molecule has 1 fully saturated rings. The summed E-state index contributed by atoms with van der Waals surface area (Å²) in [5, 5.41) is 1.03. The molecule has 0 atom stereocenters. The number of piperazine rings is 1. The van der Waals surface area contributed by atoms with Gasteiger partial charge in [-0.25, -0.2) is 0 Å². The van der Waals surface area contributed by atoms with Gasteiger partial charge >= 0.3 is 0 Å². The van der Waals surface area contributed by atoms with E-state index in [0.717, 1.165) is 22.2 Å². The van der Waals surface area contributed by atoms with Gasteiger partial charge < -0.3 is 19.5 Å². The van der Waals surface area contributed by atoms with Crippen molar-refractivity contribution in [1.29, 1.82) is 0 Å². The van der Waals surface area contributed by atoms with Gasteiger partial charge in [-0.05, 0) is 36.2 Å². The molecule has 2 heterocycles. The topological polar surface area (TPSA) is 65.6 Å². The summed E-state index contributed by atoms with van der Waals surface area (Å²) in [6.07, 6.45) is 1.18. The van der Waals surface area contributed by atoms with Gasteiger partial charge in [-0.1, -0.05) is 30.3 Å². The molecule has 1 aromatic heterocycles. The van der Waals surface area contributed by atoms with Crippen LogP contribution in [0.1, 0.15) is 22.5 Å². The summed E-state index contributed by atoms with van der Waals surface area (Å²) in [7, 11) is 1.64. The lowest BCUT2D eigenvalue weighted by Crippen LogP contribution is -2.50. The number of amides is 2. The van der Waals surface area contributed by atoms with E-state index in [4.69, 9.17) is 4.74 Å². The highest BCUT2D eigenvalue weighted by molar-refractivity contribution is 5.98. The summed E-state index contributed by atoms with van der Waals surface area (Å²) in [6.45, 7) is 2.27. The fourth-order valence-electron chi connectivity index (χ4n) is 3.72. The van der Waals surface area contributed by atoms with Gasteiger partial charge in [0.1, 0.15) is 11.4 Å². The molecule has 3 aromatic rings. The molecule has 0 saturated carbocycles. The van der Waals surface area contributed by atoms with Crippen LogP contribution in [0.25, 0.3) is 10.9 Å². The molecule has 1 N–H and O–H groups in total. The van der Waals surface area contributed by atoms with Gasteiger partial charge in [-0.2, -0.15) is 0 Å². The van der Waals surface area contributed by atoms with Crippen LogP contribution in [0, 0.1) is 0 Å². The van der Waals surface area contributed by atoms with Gasteiger partial charge in [-0.3, -0.25) is 9.59 Å². The van der Waals surface area contributed by atoms with Gasteiger partial charge in [0.15, 0.2) is 0 Å². The Kier molecular flexibility index (Phi) is 5.51. The Balaban J connectivity index is 1.29. The Bertz CT molecular complexity index is 969. The molecule has 1 aliphatic heterocycles. The van der Waals surface area contributed by atoms with Crippen molar-refractivity contribution in [2.75, 3.05) is 33.3 Å². The van der Waals surface area contributed by atoms with Crippen molar-refractivity contribution in [2.24, 2.45) is 0 Å². The Hall–Kier alpha value is -3.28. The van der Waals surface area contributed by atoms with Crippen LogP contribution in [-0.2, 0) is 11.2 Å². The summed E-state index contributed by atoms with van der Waals surface area (Å²) in [5.74, 6) is 0.945. The van der Waals surface area contributed by atoms with Crippen LogP contribution in [0.4, 0.5) is 0 Å². The van der Waals surface area contributed by atoms with Crippen molar-refractivity contribution in [3.05, 3.63) is 65.9 Å². The standard InChI is InChI=1S/C23H25N3O3/c1-29-19-9-6-17(7-10-19)8-11-22(27)25-12-14-26(15-13-25)23(28)21-16-18-4-2-3-5-20(18)24-21/h2-7,9-10,16,24H,8,11-15H2,1H3. The van der Waals surface area contributed by atoms with E-state index in [0.29, 0.717) is 44.7 Å². The summed E-state index contributed by atoms with van der Waals surface area (Å²) in [5.41, 5.74) is 2.68. The third kappa shape index (κ3) is 4.26. The summed E-state index contributed by atoms with van der Waals surface area (Å²) < 4.78 is 5.16. The normalized spacial score (nSPS) is 14.2. The van der Waals surface area contributed by atoms with E-state index < -0.39 is 0 Å². The minimum Gasteiger partial charge on any atom is -0.497 e. The summed E-state index contributed by atoms with van der Waals surface area (Å²) in [6, 6.07) is 17.6. The van der Waals surface area contributed by atoms with E-state index in [2.05, 4.69) is 4.98 Å². The Morgan fingerprint density at radius 1 is 0.966 bits per heavy atom. The van der Waals surface area contributed by atoms with Gasteiger partial charge in [0.05, 0.1) is 7.11 Å². The van der Waals surface area contributed by atoms with Crippen LogP contribution in [0.5, 0.6) is 5.75 Å². The number of H-pyrrole nitrogens is 1. The average molecular weight is 391 g/mol. The van der Waals surface area contributed by atoms with E-state index >= 15 is 0 Å². The number of carbonyl (C=O) groups is 2. The van der Waals surface area contributed by atoms with Gasteiger partial charge in [0.2, 0.25) is 5.91 Å². The highest BCUT2D eigenvalue weighted by Crippen LogP contribution is 2.17. The second kappa shape index (κ2) is 8.39. The van der Waals surface area contributed by atoms with Crippen LogP contribution in [-0.4, -0.2) is 59.9 Å². The first-order valence-electron chi connectivity index (χ1n) is 9.92. The fourth-order valence-corrected chi connectivity index (χ4v) is 3.72. The molecule has 0 radical (unpaired) electrons. The number of aromatic amines is 1. The monoisotopic (exact) mass is 391 g/mol. The van der Waals surface area contributed by atoms with Crippen molar-refractivity contribution in [2.45, 2.75) is 12.8 Å². The van der Waals surface area contributed by atoms with Crippen molar-refractivity contribution < 1.29 is 14.3 Å². The van der Waals surface area contributed by atoms with Crippen molar-refractivity contribution >= 4 is 22.7 Å². The average Bonchev–Trinajstić information content (AvgIpc) is 3.22. The number of nitrogens with zero attached hydrogens (tertiary/aromatic N) is 2. The third-order valence-electron chi connectivity index (χ3n) is 5.47. The lowest BCUT2D eigenvalue weighted by molar-refractivity contribution is -0.132. The second-order valence-electron chi connectivity index (χ2n) is 7.29. The summed E-state index contributed by atoms with van der Waals surface area (Å²) in [4.78, 5) is 32.2. The molecule has 1 aliphatic rings. The van der Waals surface area contributed by atoms with Crippen LogP contribution >= 0.6 is 0 Å². The minimum atomic E-state index is -0.00784. The molecule has 0 bridgehead atoms. The largest absolute Gasteiger partial charge is 0.497 e. The van der Waals surface area contributed by atoms with Gasteiger partial charge in [-0.15, -0.1) is 0 Å². The van der Waals surface area contributed by atoms with Crippen LogP contribution < -0.4 is 4.74 Å². The SMILES string of the molecule is COc1ccc(CCC(=O)N2CCN(C(=O)c3cc4ccccc4[nH]3)CC2)cc1. The van der Waals surface area contributed by atoms with Gasteiger partial charge in [0.25, 0.3) is 5.91 Å². The van der Waals surface area contributed by atoms with Crippen molar-refractivity contribution in [1.82, 2.24) is 14.8 Å². The fraction of sp³-hybridized carbons (Fsp3) is 0.304. The number of methoxy groups -OCH3 is 1. The molecule has 2 amide bonds. The molecule has 6 heteroatoms.